The zero-order valence-corrected chi connectivity index (χ0v) is 9.48. The van der Waals surface area contributed by atoms with Gasteiger partial charge in [0.2, 0.25) is 0 Å². The zero-order chi connectivity index (χ0) is 10.3. The smallest absolute Gasteiger partial charge is 0.156 e. The van der Waals surface area contributed by atoms with Crippen molar-refractivity contribution in [3.63, 3.8) is 0 Å². The molecule has 2 bridgehead atoms. The maximum absolute atomic E-state index is 11.4. The molecule has 14 heavy (non-hydrogen) atoms. The lowest BCUT2D eigenvalue weighted by molar-refractivity contribution is 0.273. The molecule has 2 unspecified atom stereocenters. The zero-order valence-electron chi connectivity index (χ0n) is 7.85. The standard InChI is InChI=1S/C8H14N2O2S2/c9-8(13)1-2-10-4-7-3-6(10)5-14(7,11)12/h6-7H,1-5H2,(H2,9,13). The third kappa shape index (κ3) is 1.78. The molecule has 2 aliphatic heterocycles. The van der Waals surface area contributed by atoms with Crippen LogP contribution in [0.2, 0.25) is 0 Å². The van der Waals surface area contributed by atoms with Crippen molar-refractivity contribution < 1.29 is 8.42 Å². The predicted molar refractivity (Wildman–Crippen MR) is 59.0 cm³/mol. The van der Waals surface area contributed by atoms with Gasteiger partial charge in [0.15, 0.2) is 9.84 Å². The third-order valence-electron chi connectivity index (χ3n) is 3.07. The Hall–Kier alpha value is -0.200. The van der Waals surface area contributed by atoms with Gasteiger partial charge in [0.1, 0.15) is 0 Å². The quantitative estimate of drug-likeness (QED) is 0.669. The van der Waals surface area contributed by atoms with E-state index in [1.54, 1.807) is 0 Å². The van der Waals surface area contributed by atoms with Crippen molar-refractivity contribution in [3.05, 3.63) is 0 Å². The molecule has 2 fully saturated rings. The molecule has 6 heteroatoms. The van der Waals surface area contributed by atoms with Crippen molar-refractivity contribution >= 4 is 27.0 Å². The number of thiocarbonyl (C=S) groups is 1. The Morgan fingerprint density at radius 3 is 2.71 bits per heavy atom. The van der Waals surface area contributed by atoms with Gasteiger partial charge in [-0.1, -0.05) is 12.2 Å². The highest BCUT2D eigenvalue weighted by atomic mass is 32.2. The molecule has 2 rings (SSSR count). The maximum Gasteiger partial charge on any atom is 0.156 e. The first kappa shape index (κ1) is 10.3. The molecular weight excluding hydrogens is 220 g/mol. The van der Waals surface area contributed by atoms with Crippen LogP contribution in [0, 0.1) is 0 Å². The first-order chi connectivity index (χ1) is 6.49. The van der Waals surface area contributed by atoms with Crippen LogP contribution in [0.5, 0.6) is 0 Å². The molecule has 0 radical (unpaired) electrons. The molecule has 2 aliphatic rings. The van der Waals surface area contributed by atoms with Crippen molar-refractivity contribution in [2.24, 2.45) is 5.73 Å². The van der Waals surface area contributed by atoms with Gasteiger partial charge in [0.05, 0.1) is 16.0 Å². The Balaban J connectivity index is 1.94. The average molecular weight is 234 g/mol. The minimum atomic E-state index is -2.76. The second-order valence-corrected chi connectivity index (χ2v) is 6.90. The highest BCUT2D eigenvalue weighted by Crippen LogP contribution is 2.32. The van der Waals surface area contributed by atoms with Gasteiger partial charge in [0, 0.05) is 25.6 Å². The molecular formula is C8H14N2O2S2. The van der Waals surface area contributed by atoms with E-state index < -0.39 is 9.84 Å². The topological polar surface area (TPSA) is 63.4 Å². The van der Waals surface area contributed by atoms with Crippen molar-refractivity contribution in [2.45, 2.75) is 24.1 Å². The van der Waals surface area contributed by atoms with E-state index in [0.29, 0.717) is 23.7 Å². The molecule has 0 aromatic heterocycles. The van der Waals surface area contributed by atoms with Gasteiger partial charge in [-0.25, -0.2) is 8.42 Å². The summed E-state index contributed by atoms with van der Waals surface area (Å²) >= 11 is 4.79. The van der Waals surface area contributed by atoms with Crippen LogP contribution >= 0.6 is 12.2 Å². The summed E-state index contributed by atoms with van der Waals surface area (Å²) in [6.45, 7) is 1.49. The molecule has 0 aliphatic carbocycles. The second kappa shape index (κ2) is 3.43. The minimum absolute atomic E-state index is 0.126. The van der Waals surface area contributed by atoms with Gasteiger partial charge in [-0.2, -0.15) is 0 Å². The molecule has 0 amide bonds. The molecule has 2 saturated heterocycles. The second-order valence-electron chi connectivity index (χ2n) is 4.05. The van der Waals surface area contributed by atoms with Crippen LogP contribution in [0.15, 0.2) is 0 Å². The SMILES string of the molecule is NC(=S)CCN1CC2CC1CS2(=O)=O. The van der Waals surface area contributed by atoms with E-state index in [2.05, 4.69) is 4.90 Å². The monoisotopic (exact) mass is 234 g/mol. The van der Waals surface area contributed by atoms with Crippen LogP contribution in [-0.2, 0) is 9.84 Å². The third-order valence-corrected chi connectivity index (χ3v) is 5.48. The van der Waals surface area contributed by atoms with Gasteiger partial charge in [-0.15, -0.1) is 0 Å². The fourth-order valence-corrected chi connectivity index (χ4v) is 4.48. The molecule has 0 spiro atoms. The number of rotatable bonds is 3. The molecule has 4 nitrogen and oxygen atoms in total. The van der Waals surface area contributed by atoms with Crippen LogP contribution in [-0.4, -0.2) is 48.4 Å². The van der Waals surface area contributed by atoms with Crippen LogP contribution < -0.4 is 5.73 Å². The molecule has 0 saturated carbocycles. The van der Waals surface area contributed by atoms with E-state index in [-0.39, 0.29) is 11.3 Å². The van der Waals surface area contributed by atoms with Crippen LogP contribution in [0.3, 0.4) is 0 Å². The van der Waals surface area contributed by atoms with Gasteiger partial charge in [0.25, 0.3) is 0 Å². The van der Waals surface area contributed by atoms with Crippen LogP contribution in [0.4, 0.5) is 0 Å². The number of fused-ring (bicyclic) bond motifs is 2. The summed E-state index contributed by atoms with van der Waals surface area (Å²) in [5, 5.41) is -0.126. The van der Waals surface area contributed by atoms with Gasteiger partial charge >= 0.3 is 0 Å². The Labute approximate surface area is 89.4 Å². The number of nitrogens with two attached hydrogens (primary N) is 1. The summed E-state index contributed by atoms with van der Waals surface area (Å²) in [6, 6.07) is 0.222. The predicted octanol–water partition coefficient (Wildman–Crippen LogP) is -0.466. The van der Waals surface area contributed by atoms with E-state index in [9.17, 15) is 8.42 Å². The number of nitrogens with zero attached hydrogens (tertiary/aromatic N) is 1. The Morgan fingerprint density at radius 2 is 2.29 bits per heavy atom. The summed E-state index contributed by atoms with van der Waals surface area (Å²) in [6.07, 6.45) is 1.50. The first-order valence-electron chi connectivity index (χ1n) is 4.73. The van der Waals surface area contributed by atoms with E-state index in [1.807, 2.05) is 0 Å². The van der Waals surface area contributed by atoms with Crippen LogP contribution in [0.25, 0.3) is 0 Å². The van der Waals surface area contributed by atoms with Gasteiger partial charge in [-0.3, -0.25) is 4.90 Å². The Kier molecular flexibility index (Phi) is 2.53. The molecule has 0 aromatic rings. The summed E-state index contributed by atoms with van der Waals surface area (Å²) in [5.41, 5.74) is 5.41. The lowest BCUT2D eigenvalue weighted by Gasteiger charge is -2.26. The van der Waals surface area contributed by atoms with Crippen molar-refractivity contribution in [3.8, 4) is 0 Å². The number of hydrogen-bond donors (Lipinski definition) is 1. The Morgan fingerprint density at radius 1 is 1.57 bits per heavy atom. The highest BCUT2D eigenvalue weighted by Gasteiger charge is 2.47. The molecule has 2 N–H and O–H groups in total. The molecule has 2 atom stereocenters. The lowest BCUT2D eigenvalue weighted by atomic mass is 10.2. The molecule has 2 heterocycles. The van der Waals surface area contributed by atoms with Crippen molar-refractivity contribution in [1.29, 1.82) is 0 Å². The first-order valence-corrected chi connectivity index (χ1v) is 6.85. The number of sulfone groups is 1. The highest BCUT2D eigenvalue weighted by molar-refractivity contribution is 7.92. The van der Waals surface area contributed by atoms with E-state index in [1.165, 1.54) is 0 Å². The molecule has 0 aromatic carbocycles. The van der Waals surface area contributed by atoms with Crippen molar-refractivity contribution in [2.75, 3.05) is 18.8 Å². The Bertz CT molecular complexity index is 352. The summed E-state index contributed by atoms with van der Waals surface area (Å²) in [5.74, 6) is 0.328. The fraction of sp³-hybridized carbons (Fsp3) is 0.875. The van der Waals surface area contributed by atoms with E-state index in [4.69, 9.17) is 18.0 Å². The summed E-state index contributed by atoms with van der Waals surface area (Å²) < 4.78 is 22.9. The number of likely N-dealkylation sites (tertiary alicyclic amines) is 1. The normalized spacial score (nSPS) is 34.9. The van der Waals surface area contributed by atoms with Gasteiger partial charge in [-0.05, 0) is 6.42 Å². The largest absolute Gasteiger partial charge is 0.393 e. The van der Waals surface area contributed by atoms with Gasteiger partial charge < -0.3 is 5.73 Å². The lowest BCUT2D eigenvalue weighted by Crippen LogP contribution is -2.41. The van der Waals surface area contributed by atoms with Crippen molar-refractivity contribution in [1.82, 2.24) is 4.90 Å². The summed E-state index contributed by atoms with van der Waals surface area (Å²) in [7, 11) is -2.76. The molecule has 80 valence electrons. The van der Waals surface area contributed by atoms with E-state index in [0.717, 1.165) is 13.0 Å². The summed E-state index contributed by atoms with van der Waals surface area (Å²) in [4.78, 5) is 2.71. The van der Waals surface area contributed by atoms with E-state index >= 15 is 0 Å². The van der Waals surface area contributed by atoms with Crippen LogP contribution in [0.1, 0.15) is 12.8 Å². The maximum atomic E-state index is 11.4. The minimum Gasteiger partial charge on any atom is -0.393 e. The fourth-order valence-electron chi connectivity index (χ4n) is 2.30. The average Bonchev–Trinajstić information content (AvgIpc) is 2.55. The number of hydrogen-bond acceptors (Lipinski definition) is 4.